The maximum absolute atomic E-state index is 12.9. The predicted molar refractivity (Wildman–Crippen MR) is 138 cm³/mol. The van der Waals surface area contributed by atoms with Crippen LogP contribution in [0.4, 0.5) is 11.4 Å². The number of phenols is 1. The standard InChI is InChI=1S/C25H22ClN5O5/c1-30(2)20-10-8-16(9-11-20)12-21(28-24(33)17-6-4-3-5-7-17)25(34)29-27-15-18-13-19(26)14-22(23(18)32)31(35)36/h3-15,32H,1-2H3,(H,28,33)(H,29,34)/b21-12-,27-15-. The molecular formula is C25H22ClN5O5. The van der Waals surface area contributed by atoms with Crippen LogP contribution in [0, 0.1) is 10.1 Å². The van der Waals surface area contributed by atoms with Gasteiger partial charge in [0, 0.05) is 42.0 Å². The Bertz CT molecular complexity index is 1340. The second-order valence-electron chi connectivity index (χ2n) is 7.68. The second-order valence-corrected chi connectivity index (χ2v) is 8.12. The number of hydrazone groups is 1. The Hall–Kier alpha value is -4.70. The lowest BCUT2D eigenvalue weighted by molar-refractivity contribution is -0.385. The number of carbonyl (C=O) groups is 2. The zero-order valence-corrected chi connectivity index (χ0v) is 20.1. The summed E-state index contributed by atoms with van der Waals surface area (Å²) in [6.07, 6.45) is 2.49. The topological polar surface area (TPSA) is 137 Å². The van der Waals surface area contributed by atoms with Crippen LogP contribution in [-0.4, -0.2) is 42.2 Å². The second kappa shape index (κ2) is 11.6. The monoisotopic (exact) mass is 507 g/mol. The van der Waals surface area contributed by atoms with E-state index in [0.29, 0.717) is 11.1 Å². The number of carbonyl (C=O) groups excluding carboxylic acids is 2. The summed E-state index contributed by atoms with van der Waals surface area (Å²) in [4.78, 5) is 37.8. The first-order valence-electron chi connectivity index (χ1n) is 10.5. The number of anilines is 1. The molecule has 0 saturated heterocycles. The van der Waals surface area contributed by atoms with Crippen LogP contribution in [0.1, 0.15) is 21.5 Å². The number of halogens is 1. The fourth-order valence-corrected chi connectivity index (χ4v) is 3.26. The van der Waals surface area contributed by atoms with Gasteiger partial charge in [0.15, 0.2) is 0 Å². The smallest absolute Gasteiger partial charge is 0.312 e. The van der Waals surface area contributed by atoms with Crippen molar-refractivity contribution in [1.82, 2.24) is 10.7 Å². The number of amides is 2. The van der Waals surface area contributed by atoms with E-state index in [-0.39, 0.29) is 16.3 Å². The molecule has 3 aromatic rings. The molecule has 36 heavy (non-hydrogen) atoms. The molecule has 0 fully saturated rings. The average molecular weight is 508 g/mol. The highest BCUT2D eigenvalue weighted by Gasteiger charge is 2.18. The van der Waals surface area contributed by atoms with Crippen LogP contribution >= 0.6 is 11.6 Å². The summed E-state index contributed by atoms with van der Waals surface area (Å²) in [5.41, 5.74) is 3.41. The van der Waals surface area contributed by atoms with Gasteiger partial charge in [-0.1, -0.05) is 41.9 Å². The molecule has 0 aromatic heterocycles. The molecule has 0 atom stereocenters. The Kier molecular flexibility index (Phi) is 8.37. The maximum atomic E-state index is 12.9. The van der Waals surface area contributed by atoms with Gasteiger partial charge in [0.25, 0.3) is 11.8 Å². The quantitative estimate of drug-likeness (QED) is 0.183. The largest absolute Gasteiger partial charge is 0.502 e. The molecule has 184 valence electrons. The molecule has 10 nitrogen and oxygen atoms in total. The predicted octanol–water partition coefficient (Wildman–Crippen LogP) is 3.94. The molecule has 0 radical (unpaired) electrons. The number of aromatic hydroxyl groups is 1. The van der Waals surface area contributed by atoms with E-state index < -0.39 is 28.2 Å². The molecule has 3 rings (SSSR count). The van der Waals surface area contributed by atoms with Crippen molar-refractivity contribution in [2.75, 3.05) is 19.0 Å². The third-order valence-corrected chi connectivity index (χ3v) is 5.12. The third kappa shape index (κ3) is 6.67. The lowest BCUT2D eigenvalue weighted by atomic mass is 10.1. The van der Waals surface area contributed by atoms with Gasteiger partial charge in [0.05, 0.1) is 11.1 Å². The molecule has 3 N–H and O–H groups in total. The molecule has 0 heterocycles. The number of rotatable bonds is 8. The third-order valence-electron chi connectivity index (χ3n) is 4.90. The number of phenolic OH excluding ortho intramolecular Hbond substituents is 1. The first-order valence-corrected chi connectivity index (χ1v) is 10.9. The molecule has 0 aliphatic rings. The fourth-order valence-electron chi connectivity index (χ4n) is 3.04. The van der Waals surface area contributed by atoms with Gasteiger partial charge in [-0.15, -0.1) is 0 Å². The van der Waals surface area contributed by atoms with Gasteiger partial charge in [0.2, 0.25) is 5.75 Å². The first kappa shape index (κ1) is 25.9. The van der Waals surface area contributed by atoms with Crippen molar-refractivity contribution < 1.29 is 19.6 Å². The van der Waals surface area contributed by atoms with E-state index in [1.165, 1.54) is 12.1 Å². The van der Waals surface area contributed by atoms with Crippen molar-refractivity contribution >= 4 is 47.1 Å². The van der Waals surface area contributed by atoms with Gasteiger partial charge in [0.1, 0.15) is 5.70 Å². The number of benzene rings is 3. The molecule has 0 saturated carbocycles. The Labute approximate surface area is 211 Å². The van der Waals surface area contributed by atoms with Crippen molar-refractivity contribution in [3.63, 3.8) is 0 Å². The van der Waals surface area contributed by atoms with Gasteiger partial charge in [-0.3, -0.25) is 19.7 Å². The molecular weight excluding hydrogens is 486 g/mol. The maximum Gasteiger partial charge on any atom is 0.312 e. The van der Waals surface area contributed by atoms with Crippen LogP contribution in [0.5, 0.6) is 5.75 Å². The molecule has 0 aliphatic heterocycles. The van der Waals surface area contributed by atoms with Crippen molar-refractivity contribution in [3.8, 4) is 5.75 Å². The summed E-state index contributed by atoms with van der Waals surface area (Å²) < 4.78 is 0. The summed E-state index contributed by atoms with van der Waals surface area (Å²) in [5.74, 6) is -1.92. The van der Waals surface area contributed by atoms with E-state index in [1.54, 1.807) is 42.5 Å². The van der Waals surface area contributed by atoms with E-state index in [4.69, 9.17) is 11.6 Å². The van der Waals surface area contributed by atoms with E-state index in [2.05, 4.69) is 15.8 Å². The number of nitrogens with zero attached hydrogens (tertiary/aromatic N) is 3. The Morgan fingerprint density at radius 3 is 2.36 bits per heavy atom. The van der Waals surface area contributed by atoms with E-state index in [1.807, 2.05) is 31.1 Å². The van der Waals surface area contributed by atoms with Crippen LogP contribution in [0.15, 0.2) is 77.5 Å². The lowest BCUT2D eigenvalue weighted by Crippen LogP contribution is -2.32. The number of hydrogen-bond donors (Lipinski definition) is 3. The average Bonchev–Trinajstić information content (AvgIpc) is 2.86. The molecule has 0 unspecified atom stereocenters. The van der Waals surface area contributed by atoms with E-state index in [9.17, 15) is 24.8 Å². The highest BCUT2D eigenvalue weighted by Crippen LogP contribution is 2.32. The van der Waals surface area contributed by atoms with E-state index >= 15 is 0 Å². The summed E-state index contributed by atoms with van der Waals surface area (Å²) in [5, 5.41) is 27.5. The lowest BCUT2D eigenvalue weighted by Gasteiger charge is -2.12. The number of nitro benzene ring substituents is 1. The van der Waals surface area contributed by atoms with Crippen LogP contribution in [0.3, 0.4) is 0 Å². The molecule has 0 bridgehead atoms. The molecule has 0 spiro atoms. The zero-order valence-electron chi connectivity index (χ0n) is 19.3. The van der Waals surface area contributed by atoms with Crippen LogP contribution in [-0.2, 0) is 4.79 Å². The van der Waals surface area contributed by atoms with Crippen molar-refractivity contribution in [3.05, 3.63) is 104 Å². The van der Waals surface area contributed by atoms with Crippen molar-refractivity contribution in [2.45, 2.75) is 0 Å². The Balaban J connectivity index is 1.86. The Morgan fingerprint density at radius 1 is 1.08 bits per heavy atom. The minimum Gasteiger partial charge on any atom is -0.502 e. The van der Waals surface area contributed by atoms with Gasteiger partial charge in [-0.2, -0.15) is 5.10 Å². The minimum atomic E-state index is -0.793. The fraction of sp³-hybridized carbons (Fsp3) is 0.0800. The minimum absolute atomic E-state index is 0.00385. The highest BCUT2D eigenvalue weighted by molar-refractivity contribution is 6.31. The molecule has 3 aromatic carbocycles. The van der Waals surface area contributed by atoms with Gasteiger partial charge < -0.3 is 15.3 Å². The molecule has 2 amide bonds. The highest BCUT2D eigenvalue weighted by atomic mass is 35.5. The summed E-state index contributed by atoms with van der Waals surface area (Å²) in [6.45, 7) is 0. The van der Waals surface area contributed by atoms with Crippen LogP contribution in [0.2, 0.25) is 5.02 Å². The summed E-state index contributed by atoms with van der Waals surface area (Å²) in [7, 11) is 3.79. The SMILES string of the molecule is CN(C)c1ccc(/C=C(\NC(=O)c2ccccc2)C(=O)N/N=C\c2cc(Cl)cc([N+](=O)[O-])c2O)cc1. The zero-order chi connectivity index (χ0) is 26.2. The number of hydrogen-bond acceptors (Lipinski definition) is 7. The Morgan fingerprint density at radius 2 is 1.75 bits per heavy atom. The van der Waals surface area contributed by atoms with Gasteiger partial charge in [-0.05, 0) is 42.0 Å². The molecule has 11 heteroatoms. The summed E-state index contributed by atoms with van der Waals surface area (Å²) in [6, 6.07) is 17.9. The number of nitrogens with one attached hydrogen (secondary N) is 2. The summed E-state index contributed by atoms with van der Waals surface area (Å²) >= 11 is 5.87. The van der Waals surface area contributed by atoms with Gasteiger partial charge in [-0.25, -0.2) is 5.43 Å². The first-order chi connectivity index (χ1) is 17.2. The van der Waals surface area contributed by atoms with Crippen LogP contribution < -0.4 is 15.6 Å². The normalized spacial score (nSPS) is 11.2. The van der Waals surface area contributed by atoms with Crippen molar-refractivity contribution in [2.24, 2.45) is 5.10 Å². The number of nitro groups is 1. The van der Waals surface area contributed by atoms with Crippen molar-refractivity contribution in [1.29, 1.82) is 0 Å². The van der Waals surface area contributed by atoms with E-state index in [0.717, 1.165) is 18.0 Å². The van der Waals surface area contributed by atoms with Gasteiger partial charge >= 0.3 is 5.69 Å². The molecule has 0 aliphatic carbocycles. The van der Waals surface area contributed by atoms with Crippen LogP contribution in [0.25, 0.3) is 6.08 Å².